The van der Waals surface area contributed by atoms with Crippen molar-refractivity contribution in [2.75, 3.05) is 13.2 Å². The van der Waals surface area contributed by atoms with E-state index in [0.717, 1.165) is 26.0 Å². The summed E-state index contributed by atoms with van der Waals surface area (Å²) in [6.45, 7) is 6.32. The maximum absolute atomic E-state index is 6.05. The number of fused-ring (bicyclic) bond motifs is 1. The first-order valence-electron chi connectivity index (χ1n) is 7.60. The fourth-order valence-electron chi connectivity index (χ4n) is 3.19. The molecule has 1 aliphatic heterocycles. The predicted octanol–water partition coefficient (Wildman–Crippen LogP) is 3.55. The van der Waals surface area contributed by atoms with Gasteiger partial charge in [0.1, 0.15) is 10.6 Å². The maximum atomic E-state index is 6.05. The molecule has 1 N–H and O–H groups in total. The van der Waals surface area contributed by atoms with Gasteiger partial charge in [0.25, 0.3) is 0 Å². The molecule has 2 heterocycles. The Hall–Kier alpha value is -0.450. The largest absolute Gasteiger partial charge is 0.368 e. The van der Waals surface area contributed by atoms with E-state index in [1.54, 1.807) is 0 Å². The Morgan fingerprint density at radius 1 is 1.42 bits per heavy atom. The Bertz CT molecular complexity index is 437. The molecule has 2 atom stereocenters. The molecule has 1 aromatic heterocycles. The van der Waals surface area contributed by atoms with Crippen molar-refractivity contribution in [2.24, 2.45) is 0 Å². The van der Waals surface area contributed by atoms with Crippen molar-refractivity contribution in [2.45, 2.75) is 64.0 Å². The smallest absolute Gasteiger partial charge is 0.125 e. The van der Waals surface area contributed by atoms with Gasteiger partial charge in [-0.1, -0.05) is 6.92 Å². The molecular formula is C15H24N2OS. The van der Waals surface area contributed by atoms with E-state index in [9.17, 15) is 0 Å². The monoisotopic (exact) mass is 280 g/mol. The normalized spacial score (nSPS) is 31.2. The van der Waals surface area contributed by atoms with E-state index in [2.05, 4.69) is 19.2 Å². The Kier molecular flexibility index (Phi) is 3.92. The topological polar surface area (TPSA) is 34.2 Å². The highest BCUT2D eigenvalue weighted by Crippen LogP contribution is 2.42. The first kappa shape index (κ1) is 13.5. The third kappa shape index (κ3) is 2.58. The van der Waals surface area contributed by atoms with Gasteiger partial charge in [0, 0.05) is 17.5 Å². The lowest BCUT2D eigenvalue weighted by atomic mass is 9.96. The molecular weight excluding hydrogens is 256 g/mol. The molecule has 19 heavy (non-hydrogen) atoms. The van der Waals surface area contributed by atoms with Gasteiger partial charge in [0.2, 0.25) is 0 Å². The quantitative estimate of drug-likeness (QED) is 0.919. The van der Waals surface area contributed by atoms with E-state index in [1.807, 2.05) is 11.3 Å². The van der Waals surface area contributed by atoms with Crippen LogP contribution in [-0.4, -0.2) is 18.1 Å². The molecule has 1 aromatic rings. The second kappa shape index (κ2) is 5.51. The van der Waals surface area contributed by atoms with Gasteiger partial charge in [-0.25, -0.2) is 4.98 Å². The van der Waals surface area contributed by atoms with Gasteiger partial charge < -0.3 is 10.1 Å². The van der Waals surface area contributed by atoms with Gasteiger partial charge in [0.05, 0.1) is 5.69 Å². The molecule has 0 spiro atoms. The van der Waals surface area contributed by atoms with Crippen LogP contribution in [0.15, 0.2) is 0 Å². The summed E-state index contributed by atoms with van der Waals surface area (Å²) in [4.78, 5) is 6.40. The molecule has 4 heteroatoms. The lowest BCUT2D eigenvalue weighted by Crippen LogP contribution is -2.30. The van der Waals surface area contributed by atoms with Gasteiger partial charge in [-0.2, -0.15) is 0 Å². The summed E-state index contributed by atoms with van der Waals surface area (Å²) < 4.78 is 6.05. The molecule has 3 rings (SSSR count). The van der Waals surface area contributed by atoms with Crippen LogP contribution in [0.3, 0.4) is 0 Å². The number of ether oxygens (including phenoxy) is 1. The van der Waals surface area contributed by atoms with Crippen molar-refractivity contribution in [3.05, 3.63) is 15.6 Å². The number of aryl methyl sites for hydroxylation is 1. The Labute approximate surface area is 119 Å². The van der Waals surface area contributed by atoms with Crippen LogP contribution in [0.2, 0.25) is 0 Å². The molecule has 0 aromatic carbocycles. The number of aromatic nitrogens is 1. The van der Waals surface area contributed by atoms with E-state index in [1.165, 1.54) is 41.3 Å². The van der Waals surface area contributed by atoms with Crippen molar-refractivity contribution >= 4 is 11.3 Å². The Balaban J connectivity index is 1.88. The molecule has 0 radical (unpaired) electrons. The minimum atomic E-state index is -0.128. The highest BCUT2D eigenvalue weighted by atomic mass is 32.1. The van der Waals surface area contributed by atoms with E-state index in [0.29, 0.717) is 6.04 Å². The molecule has 0 amide bonds. The minimum Gasteiger partial charge on any atom is -0.368 e. The van der Waals surface area contributed by atoms with Crippen LogP contribution in [0.25, 0.3) is 0 Å². The standard InChI is InChI=1S/C15H24N2OS/c1-3-16-11-7-6-8-12-13(11)19-14(17-12)15(2)9-4-5-10-18-15/h11,16H,3-10H2,1-2H3. The lowest BCUT2D eigenvalue weighted by molar-refractivity contribution is -0.0702. The van der Waals surface area contributed by atoms with E-state index < -0.39 is 0 Å². The summed E-state index contributed by atoms with van der Waals surface area (Å²) in [5.74, 6) is 0. The molecule has 0 saturated carbocycles. The Morgan fingerprint density at radius 3 is 3.05 bits per heavy atom. The first-order chi connectivity index (χ1) is 9.23. The number of hydrogen-bond acceptors (Lipinski definition) is 4. The first-order valence-corrected chi connectivity index (χ1v) is 8.42. The van der Waals surface area contributed by atoms with Crippen molar-refractivity contribution in [3.63, 3.8) is 0 Å². The summed E-state index contributed by atoms with van der Waals surface area (Å²) in [5.41, 5.74) is 1.20. The van der Waals surface area contributed by atoms with E-state index in [-0.39, 0.29) is 5.60 Å². The number of rotatable bonds is 3. The lowest BCUT2D eigenvalue weighted by Gasteiger charge is -2.31. The molecule has 2 unspecified atom stereocenters. The molecule has 1 fully saturated rings. The zero-order valence-electron chi connectivity index (χ0n) is 12.0. The number of nitrogens with zero attached hydrogens (tertiary/aromatic N) is 1. The fourth-order valence-corrected chi connectivity index (χ4v) is 4.54. The number of nitrogens with one attached hydrogen (secondary N) is 1. The average Bonchev–Trinajstić information content (AvgIpc) is 2.86. The van der Waals surface area contributed by atoms with E-state index >= 15 is 0 Å². The average molecular weight is 280 g/mol. The zero-order chi connectivity index (χ0) is 13.3. The van der Waals surface area contributed by atoms with Crippen LogP contribution in [0.5, 0.6) is 0 Å². The molecule has 0 bridgehead atoms. The Morgan fingerprint density at radius 2 is 2.32 bits per heavy atom. The van der Waals surface area contributed by atoms with Crippen molar-refractivity contribution < 1.29 is 4.74 Å². The number of thiazole rings is 1. The zero-order valence-corrected chi connectivity index (χ0v) is 12.8. The van der Waals surface area contributed by atoms with Gasteiger partial charge in [-0.15, -0.1) is 11.3 Å². The van der Waals surface area contributed by atoms with Crippen LogP contribution < -0.4 is 5.32 Å². The van der Waals surface area contributed by atoms with E-state index in [4.69, 9.17) is 9.72 Å². The second-order valence-electron chi connectivity index (χ2n) is 5.87. The van der Waals surface area contributed by atoms with Crippen LogP contribution in [0.1, 0.15) is 67.6 Å². The molecule has 1 saturated heterocycles. The van der Waals surface area contributed by atoms with Crippen molar-refractivity contribution in [1.29, 1.82) is 0 Å². The second-order valence-corrected chi connectivity index (χ2v) is 6.90. The van der Waals surface area contributed by atoms with Crippen LogP contribution in [0.4, 0.5) is 0 Å². The van der Waals surface area contributed by atoms with Crippen molar-refractivity contribution in [1.82, 2.24) is 10.3 Å². The van der Waals surface area contributed by atoms with Crippen LogP contribution >= 0.6 is 11.3 Å². The maximum Gasteiger partial charge on any atom is 0.125 e. The predicted molar refractivity (Wildman–Crippen MR) is 78.6 cm³/mol. The summed E-state index contributed by atoms with van der Waals surface area (Å²) in [5, 5.41) is 4.81. The third-order valence-electron chi connectivity index (χ3n) is 4.32. The SMILES string of the molecule is CCNC1CCCc2nc(C3(C)CCCCO3)sc21. The number of hydrogen-bond donors (Lipinski definition) is 1. The summed E-state index contributed by atoms with van der Waals surface area (Å²) in [7, 11) is 0. The summed E-state index contributed by atoms with van der Waals surface area (Å²) in [6.07, 6.45) is 7.22. The summed E-state index contributed by atoms with van der Waals surface area (Å²) in [6, 6.07) is 0.521. The van der Waals surface area contributed by atoms with Crippen molar-refractivity contribution in [3.8, 4) is 0 Å². The van der Waals surface area contributed by atoms with Crippen LogP contribution in [0, 0.1) is 0 Å². The molecule has 3 nitrogen and oxygen atoms in total. The van der Waals surface area contributed by atoms with Gasteiger partial charge in [0.15, 0.2) is 0 Å². The third-order valence-corrected chi connectivity index (χ3v) is 5.78. The highest BCUT2D eigenvalue weighted by molar-refractivity contribution is 7.12. The molecule has 106 valence electrons. The van der Waals surface area contributed by atoms with Crippen LogP contribution in [-0.2, 0) is 16.8 Å². The molecule has 1 aliphatic carbocycles. The van der Waals surface area contributed by atoms with Gasteiger partial charge in [-0.05, 0) is 52.0 Å². The van der Waals surface area contributed by atoms with Gasteiger partial charge in [-0.3, -0.25) is 0 Å². The summed E-state index contributed by atoms with van der Waals surface area (Å²) >= 11 is 1.89. The molecule has 2 aliphatic rings. The highest BCUT2D eigenvalue weighted by Gasteiger charge is 2.35. The minimum absolute atomic E-state index is 0.128. The fraction of sp³-hybridized carbons (Fsp3) is 0.800. The van der Waals surface area contributed by atoms with Gasteiger partial charge >= 0.3 is 0 Å².